The number of fused-ring (bicyclic) bond motifs is 1. The first-order valence-electron chi connectivity index (χ1n) is 9.30. The van der Waals surface area contributed by atoms with Crippen LogP contribution in [0.5, 0.6) is 0 Å². The van der Waals surface area contributed by atoms with Gasteiger partial charge in [0.25, 0.3) is 5.91 Å². The lowest BCUT2D eigenvalue weighted by Crippen LogP contribution is -2.19. The smallest absolute Gasteiger partial charge is 0.335 e. The van der Waals surface area contributed by atoms with Gasteiger partial charge in [-0.2, -0.15) is 0 Å². The van der Waals surface area contributed by atoms with E-state index in [1.54, 1.807) is 35.6 Å². The van der Waals surface area contributed by atoms with Crippen molar-refractivity contribution >= 4 is 73.9 Å². The van der Waals surface area contributed by atoms with Crippen LogP contribution in [0.1, 0.15) is 16.1 Å². The number of nitrogens with one attached hydrogen (secondary N) is 1. The van der Waals surface area contributed by atoms with E-state index in [0.717, 1.165) is 14.6 Å². The fourth-order valence-electron chi connectivity index (χ4n) is 2.85. The van der Waals surface area contributed by atoms with Crippen LogP contribution in [0.4, 0.5) is 5.69 Å². The van der Waals surface area contributed by atoms with Crippen molar-refractivity contribution in [1.82, 2.24) is 10.3 Å². The highest BCUT2D eigenvalue weighted by atomic mass is 32.2. The SMILES string of the molecule is O=C1NC(=Nc2ccc(C(=O)O)cc2)S/C1=C\c1ccc(Sc2nc3ccccc3s2)o1. The number of amidine groups is 1. The van der Waals surface area contributed by atoms with Gasteiger partial charge in [-0.15, -0.1) is 11.3 Å². The Balaban J connectivity index is 1.29. The maximum absolute atomic E-state index is 12.3. The summed E-state index contributed by atoms with van der Waals surface area (Å²) >= 11 is 4.23. The van der Waals surface area contributed by atoms with Crippen molar-refractivity contribution in [3.8, 4) is 0 Å². The molecule has 1 aliphatic heterocycles. The first-order valence-corrected chi connectivity index (χ1v) is 11.7. The number of carboxylic acid groups (broad SMARTS) is 1. The second kappa shape index (κ2) is 8.65. The van der Waals surface area contributed by atoms with Gasteiger partial charge in [0.15, 0.2) is 14.6 Å². The third kappa shape index (κ3) is 4.47. The molecule has 0 unspecified atom stereocenters. The van der Waals surface area contributed by atoms with Gasteiger partial charge in [0, 0.05) is 6.08 Å². The van der Waals surface area contributed by atoms with Crippen molar-refractivity contribution in [2.24, 2.45) is 4.99 Å². The molecule has 0 spiro atoms. The number of aromatic carboxylic acids is 1. The number of para-hydroxylation sites is 1. The monoisotopic (exact) mass is 479 g/mol. The number of carbonyl (C=O) groups is 2. The molecule has 2 aromatic heterocycles. The van der Waals surface area contributed by atoms with Gasteiger partial charge in [0.1, 0.15) is 5.76 Å². The summed E-state index contributed by atoms with van der Waals surface area (Å²) in [6.07, 6.45) is 1.67. The van der Waals surface area contributed by atoms with Crippen molar-refractivity contribution in [2.75, 3.05) is 0 Å². The Morgan fingerprint density at radius 1 is 1.12 bits per heavy atom. The molecule has 158 valence electrons. The topological polar surface area (TPSA) is 105 Å². The highest BCUT2D eigenvalue weighted by molar-refractivity contribution is 8.18. The summed E-state index contributed by atoms with van der Waals surface area (Å²) in [5.41, 5.74) is 1.68. The number of carboxylic acids is 1. The van der Waals surface area contributed by atoms with Crippen LogP contribution in [0.25, 0.3) is 16.3 Å². The summed E-state index contributed by atoms with van der Waals surface area (Å²) in [5.74, 6) is -0.719. The van der Waals surface area contributed by atoms with Crippen LogP contribution in [-0.4, -0.2) is 27.1 Å². The molecule has 0 radical (unpaired) electrons. The maximum Gasteiger partial charge on any atom is 0.335 e. The molecule has 1 aliphatic rings. The van der Waals surface area contributed by atoms with Crippen molar-refractivity contribution in [3.63, 3.8) is 0 Å². The Morgan fingerprint density at radius 3 is 2.72 bits per heavy atom. The standard InChI is InChI=1S/C22H13N3O4S3/c26-19-17(30-21(25-19)23-13-7-5-12(6-8-13)20(27)28)11-14-9-10-18(29-14)32-22-24-15-3-1-2-4-16(15)31-22/h1-11H,(H,27,28)(H,23,25,26)/b17-11-. The number of rotatable bonds is 5. The number of aliphatic imine (C=N–C) groups is 1. The van der Waals surface area contributed by atoms with Gasteiger partial charge in [-0.25, -0.2) is 14.8 Å². The Labute approximate surface area is 194 Å². The van der Waals surface area contributed by atoms with E-state index in [9.17, 15) is 9.59 Å². The minimum atomic E-state index is -1.00. The van der Waals surface area contributed by atoms with Crippen LogP contribution in [0.2, 0.25) is 0 Å². The number of furan rings is 1. The highest BCUT2D eigenvalue weighted by Gasteiger charge is 2.24. The summed E-state index contributed by atoms with van der Waals surface area (Å²) in [6, 6.07) is 17.7. The molecule has 2 aromatic carbocycles. The summed E-state index contributed by atoms with van der Waals surface area (Å²) in [5, 5.41) is 12.8. The summed E-state index contributed by atoms with van der Waals surface area (Å²) in [6.45, 7) is 0. The molecule has 1 amide bonds. The predicted octanol–water partition coefficient (Wildman–Crippen LogP) is 5.63. The fourth-order valence-corrected chi connectivity index (χ4v) is 5.64. The van der Waals surface area contributed by atoms with Gasteiger partial charge < -0.3 is 14.8 Å². The fraction of sp³-hybridized carbons (Fsp3) is 0. The van der Waals surface area contributed by atoms with Gasteiger partial charge in [0.2, 0.25) is 0 Å². The molecule has 5 rings (SSSR count). The number of thioether (sulfide) groups is 1. The van der Waals surface area contributed by atoms with Crippen LogP contribution in [-0.2, 0) is 4.79 Å². The van der Waals surface area contributed by atoms with E-state index in [1.165, 1.54) is 35.7 Å². The van der Waals surface area contributed by atoms with Gasteiger partial charge in [-0.3, -0.25) is 4.79 Å². The lowest BCUT2D eigenvalue weighted by molar-refractivity contribution is -0.115. The minimum absolute atomic E-state index is 0.176. The third-order valence-electron chi connectivity index (χ3n) is 4.33. The number of hydrogen-bond donors (Lipinski definition) is 2. The number of thiazole rings is 1. The molecule has 0 aliphatic carbocycles. The number of aromatic nitrogens is 1. The molecular weight excluding hydrogens is 466 g/mol. The second-order valence-electron chi connectivity index (χ2n) is 6.54. The van der Waals surface area contributed by atoms with E-state index >= 15 is 0 Å². The normalized spacial score (nSPS) is 16.2. The van der Waals surface area contributed by atoms with E-state index in [4.69, 9.17) is 9.52 Å². The van der Waals surface area contributed by atoms with Crippen LogP contribution in [0.3, 0.4) is 0 Å². The van der Waals surface area contributed by atoms with E-state index in [1.807, 2.05) is 30.3 Å². The molecule has 3 heterocycles. The average molecular weight is 480 g/mol. The summed E-state index contributed by atoms with van der Waals surface area (Å²) in [7, 11) is 0. The Kier molecular flexibility index (Phi) is 5.56. The summed E-state index contributed by atoms with van der Waals surface area (Å²) in [4.78, 5) is 32.6. The first-order chi connectivity index (χ1) is 15.5. The maximum atomic E-state index is 12.3. The van der Waals surface area contributed by atoms with Gasteiger partial charge in [0.05, 0.1) is 26.4 Å². The van der Waals surface area contributed by atoms with E-state index in [-0.39, 0.29) is 11.5 Å². The van der Waals surface area contributed by atoms with Gasteiger partial charge in [-0.1, -0.05) is 12.1 Å². The third-order valence-corrected chi connectivity index (χ3v) is 7.26. The molecule has 0 bridgehead atoms. The zero-order chi connectivity index (χ0) is 22.1. The minimum Gasteiger partial charge on any atom is -0.478 e. The molecule has 4 aromatic rings. The Hall–Kier alpha value is -3.34. The molecule has 32 heavy (non-hydrogen) atoms. The van der Waals surface area contributed by atoms with E-state index in [0.29, 0.717) is 26.6 Å². The van der Waals surface area contributed by atoms with Crippen molar-refractivity contribution in [3.05, 3.63) is 76.9 Å². The highest BCUT2D eigenvalue weighted by Crippen LogP contribution is 2.36. The van der Waals surface area contributed by atoms with Gasteiger partial charge >= 0.3 is 5.97 Å². The molecule has 0 saturated carbocycles. The number of amides is 1. The first kappa shape index (κ1) is 20.6. The quantitative estimate of drug-likeness (QED) is 0.357. The Morgan fingerprint density at radius 2 is 1.94 bits per heavy atom. The summed E-state index contributed by atoms with van der Waals surface area (Å²) < 4.78 is 7.85. The number of carbonyl (C=O) groups excluding carboxylic acids is 1. The van der Waals surface area contributed by atoms with E-state index < -0.39 is 5.97 Å². The molecule has 10 heteroatoms. The average Bonchev–Trinajstić information content (AvgIpc) is 3.48. The Bertz CT molecular complexity index is 1370. The molecule has 2 N–H and O–H groups in total. The predicted molar refractivity (Wildman–Crippen MR) is 127 cm³/mol. The van der Waals surface area contributed by atoms with Crippen LogP contribution >= 0.6 is 34.9 Å². The van der Waals surface area contributed by atoms with Crippen LogP contribution in [0, 0.1) is 0 Å². The lowest BCUT2D eigenvalue weighted by Gasteiger charge is -1.97. The van der Waals surface area contributed by atoms with Crippen molar-refractivity contribution in [2.45, 2.75) is 9.43 Å². The van der Waals surface area contributed by atoms with Crippen molar-refractivity contribution in [1.29, 1.82) is 0 Å². The van der Waals surface area contributed by atoms with Crippen LogP contribution in [0.15, 0.2) is 84.4 Å². The van der Waals surface area contributed by atoms with Gasteiger partial charge in [-0.05, 0) is 72.1 Å². The molecule has 0 atom stereocenters. The van der Waals surface area contributed by atoms with E-state index in [2.05, 4.69) is 15.3 Å². The second-order valence-corrected chi connectivity index (χ2v) is 9.85. The zero-order valence-electron chi connectivity index (χ0n) is 16.1. The largest absolute Gasteiger partial charge is 0.478 e. The zero-order valence-corrected chi connectivity index (χ0v) is 18.6. The molecule has 1 saturated heterocycles. The molecular formula is C22H13N3O4S3. The number of hydrogen-bond acceptors (Lipinski definition) is 8. The van der Waals surface area contributed by atoms with Crippen molar-refractivity contribution < 1.29 is 19.1 Å². The number of benzene rings is 2. The molecule has 7 nitrogen and oxygen atoms in total. The van der Waals surface area contributed by atoms with Crippen LogP contribution < -0.4 is 5.32 Å². The lowest BCUT2D eigenvalue weighted by atomic mass is 10.2. The number of nitrogens with zero attached hydrogens (tertiary/aromatic N) is 2. The molecule has 1 fully saturated rings.